The van der Waals surface area contributed by atoms with Crippen molar-refractivity contribution in [3.05, 3.63) is 35.9 Å². The molecule has 0 saturated carbocycles. The summed E-state index contributed by atoms with van der Waals surface area (Å²) in [5, 5.41) is 9.19. The number of aliphatic carboxylic acids is 1. The van der Waals surface area contributed by atoms with Gasteiger partial charge in [-0.1, -0.05) is 30.3 Å². The molecule has 0 aliphatic carbocycles. The minimum Gasteiger partial charge on any atom is -0.479 e. The Morgan fingerprint density at radius 2 is 1.52 bits per heavy atom. The van der Waals surface area contributed by atoms with E-state index in [2.05, 4.69) is 4.18 Å². The molecular formula is C13H12F6O5S. The Kier molecular flexibility index (Phi) is 6.11. The van der Waals surface area contributed by atoms with Crippen LogP contribution in [0.3, 0.4) is 0 Å². The molecule has 1 aromatic carbocycles. The lowest BCUT2D eigenvalue weighted by atomic mass is 9.90. The van der Waals surface area contributed by atoms with Gasteiger partial charge in [0.2, 0.25) is 0 Å². The largest absolute Gasteiger partial charge is 0.523 e. The lowest BCUT2D eigenvalue weighted by Gasteiger charge is -2.29. The molecule has 0 amide bonds. The van der Waals surface area contributed by atoms with Gasteiger partial charge in [-0.05, 0) is 12.0 Å². The van der Waals surface area contributed by atoms with E-state index in [0.29, 0.717) is 0 Å². The Labute approximate surface area is 138 Å². The number of hydrogen-bond acceptors (Lipinski definition) is 4. The summed E-state index contributed by atoms with van der Waals surface area (Å²) in [6.45, 7) is 0. The topological polar surface area (TPSA) is 80.7 Å². The maximum absolute atomic E-state index is 12.5. The molecule has 12 heteroatoms. The number of halogens is 6. The third-order valence-electron chi connectivity index (χ3n) is 3.09. The average molecular weight is 394 g/mol. The van der Waals surface area contributed by atoms with Crippen LogP contribution in [0.15, 0.2) is 30.3 Å². The van der Waals surface area contributed by atoms with Crippen molar-refractivity contribution in [1.82, 2.24) is 0 Å². The van der Waals surface area contributed by atoms with E-state index in [1.54, 1.807) is 0 Å². The maximum atomic E-state index is 12.5. The van der Waals surface area contributed by atoms with Gasteiger partial charge in [0.05, 0.1) is 0 Å². The Hall–Kier alpha value is -1.82. The third kappa shape index (κ3) is 5.88. The van der Waals surface area contributed by atoms with Gasteiger partial charge in [-0.25, -0.2) is 8.98 Å². The lowest BCUT2D eigenvalue weighted by Crippen LogP contribution is -2.48. The second-order valence-corrected chi connectivity index (χ2v) is 6.60. The molecule has 0 bridgehead atoms. The lowest BCUT2D eigenvalue weighted by molar-refractivity contribution is -0.167. The fraction of sp³-hybridized carbons (Fsp3) is 0.462. The van der Waals surface area contributed by atoms with Crippen molar-refractivity contribution in [1.29, 1.82) is 0 Å². The number of hydrogen-bond donors (Lipinski definition) is 1. The molecule has 0 unspecified atom stereocenters. The highest BCUT2D eigenvalue weighted by atomic mass is 32.2. The van der Waals surface area contributed by atoms with E-state index in [4.69, 9.17) is 0 Å². The Balaban J connectivity index is 3.33. The summed E-state index contributed by atoms with van der Waals surface area (Å²) in [4.78, 5) is 11.4. The summed E-state index contributed by atoms with van der Waals surface area (Å²) in [6, 6.07) is 6.60. The third-order valence-corrected chi connectivity index (χ3v) is 4.19. The van der Waals surface area contributed by atoms with Crippen LogP contribution in [0.2, 0.25) is 0 Å². The van der Waals surface area contributed by atoms with Gasteiger partial charge in [-0.15, -0.1) is 0 Å². The summed E-state index contributed by atoms with van der Waals surface area (Å²) in [5.41, 5.74) is -9.25. The van der Waals surface area contributed by atoms with Crippen molar-refractivity contribution < 1.29 is 48.8 Å². The second kappa shape index (κ2) is 7.20. The second-order valence-electron chi connectivity index (χ2n) is 5.06. The van der Waals surface area contributed by atoms with Crippen LogP contribution in [-0.2, 0) is 25.5 Å². The first-order valence-electron chi connectivity index (χ1n) is 6.54. The van der Waals surface area contributed by atoms with E-state index >= 15 is 0 Å². The highest BCUT2D eigenvalue weighted by Crippen LogP contribution is 2.36. The SMILES string of the molecule is O=C(O)[C@@](CCC(F)(F)F)(Cc1ccccc1)OS(=O)(=O)C(F)(F)F. The van der Waals surface area contributed by atoms with Gasteiger partial charge < -0.3 is 5.11 Å². The average Bonchev–Trinajstić information content (AvgIpc) is 2.43. The van der Waals surface area contributed by atoms with E-state index < -0.39 is 52.6 Å². The number of carboxylic acids is 1. The van der Waals surface area contributed by atoms with Crippen LogP contribution >= 0.6 is 0 Å². The molecular weight excluding hydrogens is 382 g/mol. The first-order chi connectivity index (χ1) is 11.2. The van der Waals surface area contributed by atoms with E-state index in [1.165, 1.54) is 30.3 Å². The van der Waals surface area contributed by atoms with E-state index in [-0.39, 0.29) is 5.56 Å². The summed E-state index contributed by atoms with van der Waals surface area (Å²) in [6.07, 6.45) is -9.30. The Morgan fingerprint density at radius 3 is 1.92 bits per heavy atom. The van der Waals surface area contributed by atoms with Crippen LogP contribution in [0.5, 0.6) is 0 Å². The number of rotatable bonds is 7. The van der Waals surface area contributed by atoms with Crippen molar-refractivity contribution >= 4 is 16.1 Å². The molecule has 142 valence electrons. The molecule has 0 aromatic heterocycles. The maximum Gasteiger partial charge on any atom is 0.523 e. The molecule has 25 heavy (non-hydrogen) atoms. The van der Waals surface area contributed by atoms with Crippen LogP contribution in [0.25, 0.3) is 0 Å². The van der Waals surface area contributed by atoms with Crippen molar-refractivity contribution in [2.75, 3.05) is 0 Å². The van der Waals surface area contributed by atoms with Gasteiger partial charge in [0.25, 0.3) is 0 Å². The molecule has 0 aliphatic rings. The molecule has 0 heterocycles. The first kappa shape index (κ1) is 21.2. The Bertz CT molecular complexity index is 698. The molecule has 0 fully saturated rings. The number of carbonyl (C=O) groups is 1. The van der Waals surface area contributed by atoms with Gasteiger partial charge in [-0.3, -0.25) is 0 Å². The minimum atomic E-state index is -6.44. The van der Waals surface area contributed by atoms with Crippen LogP contribution in [0.4, 0.5) is 26.3 Å². The highest BCUT2D eigenvalue weighted by molar-refractivity contribution is 7.87. The number of benzene rings is 1. The smallest absolute Gasteiger partial charge is 0.479 e. The molecule has 0 spiro atoms. The molecule has 1 N–H and O–H groups in total. The van der Waals surface area contributed by atoms with Crippen LogP contribution in [-0.4, -0.2) is 36.8 Å². The predicted octanol–water partition coefficient (Wildman–Crippen LogP) is 3.26. The standard InChI is InChI=1S/C13H12F6O5S/c14-12(15,16)7-6-11(10(20)21,8-9-4-2-1-3-5-9)24-25(22,23)13(17,18)19/h1-5H,6-8H2,(H,20,21)/t11-/m1/s1. The van der Waals surface area contributed by atoms with E-state index in [1.807, 2.05) is 0 Å². The van der Waals surface area contributed by atoms with Crippen molar-refractivity contribution in [2.45, 2.75) is 36.5 Å². The molecule has 5 nitrogen and oxygen atoms in total. The summed E-state index contributed by atoms with van der Waals surface area (Å²) in [5.74, 6) is -2.26. The molecule has 0 aliphatic heterocycles. The van der Waals surface area contributed by atoms with Crippen LogP contribution in [0.1, 0.15) is 18.4 Å². The zero-order valence-corrected chi connectivity index (χ0v) is 13.1. The quantitative estimate of drug-likeness (QED) is 0.436. The molecule has 0 saturated heterocycles. The van der Waals surface area contributed by atoms with E-state index in [9.17, 15) is 44.7 Å². The van der Waals surface area contributed by atoms with Crippen LogP contribution in [0, 0.1) is 0 Å². The van der Waals surface area contributed by atoms with Crippen molar-refractivity contribution in [3.63, 3.8) is 0 Å². The zero-order valence-electron chi connectivity index (χ0n) is 12.3. The molecule has 0 radical (unpaired) electrons. The zero-order chi connectivity index (χ0) is 19.5. The fourth-order valence-corrected chi connectivity index (χ4v) is 2.63. The monoisotopic (exact) mass is 394 g/mol. The summed E-state index contributed by atoms with van der Waals surface area (Å²) >= 11 is 0. The van der Waals surface area contributed by atoms with Gasteiger partial charge in [-0.2, -0.15) is 34.8 Å². The van der Waals surface area contributed by atoms with Crippen molar-refractivity contribution in [3.8, 4) is 0 Å². The van der Waals surface area contributed by atoms with Gasteiger partial charge in [0, 0.05) is 12.8 Å². The van der Waals surface area contributed by atoms with E-state index in [0.717, 1.165) is 0 Å². The summed E-state index contributed by atoms with van der Waals surface area (Å²) in [7, 11) is -6.44. The predicted molar refractivity (Wildman–Crippen MR) is 71.9 cm³/mol. The highest BCUT2D eigenvalue weighted by Gasteiger charge is 2.55. The number of carboxylic acid groups (broad SMARTS) is 1. The molecule has 1 atom stereocenters. The first-order valence-corrected chi connectivity index (χ1v) is 7.95. The minimum absolute atomic E-state index is 0.00977. The normalized spacial score (nSPS) is 15.6. The fourth-order valence-electron chi connectivity index (χ4n) is 1.90. The van der Waals surface area contributed by atoms with Gasteiger partial charge >= 0.3 is 27.8 Å². The molecule has 1 rings (SSSR count). The van der Waals surface area contributed by atoms with Crippen molar-refractivity contribution in [2.24, 2.45) is 0 Å². The van der Waals surface area contributed by atoms with Crippen LogP contribution < -0.4 is 0 Å². The van der Waals surface area contributed by atoms with Gasteiger partial charge in [0.15, 0.2) is 5.60 Å². The van der Waals surface area contributed by atoms with Gasteiger partial charge in [0.1, 0.15) is 0 Å². The number of alkyl halides is 6. The molecule has 1 aromatic rings. The Morgan fingerprint density at radius 1 is 1.00 bits per heavy atom. The summed E-state index contributed by atoms with van der Waals surface area (Å²) < 4.78 is 101.